The minimum Gasteiger partial charge on any atom is -0.368 e. The van der Waals surface area contributed by atoms with Crippen LogP contribution in [-0.2, 0) is 6.18 Å². The molecule has 0 saturated carbocycles. The number of nitrogens with two attached hydrogens (primary N) is 1. The SMILES string of the molecule is Nc1nc(Cl)nc(Nc2cc(C(F)(F)F)ccc2Br)n1. The molecule has 5 nitrogen and oxygen atoms in total. The normalized spacial score (nSPS) is 11.4. The van der Waals surface area contributed by atoms with E-state index in [1.165, 1.54) is 6.07 Å². The fraction of sp³-hybridized carbons (Fsp3) is 0.100. The van der Waals surface area contributed by atoms with E-state index in [0.717, 1.165) is 12.1 Å². The van der Waals surface area contributed by atoms with Crippen LogP contribution in [0.1, 0.15) is 5.56 Å². The van der Waals surface area contributed by atoms with Crippen LogP contribution in [0.2, 0.25) is 5.28 Å². The molecule has 10 heteroatoms. The number of alkyl halides is 3. The first-order valence-corrected chi connectivity index (χ1v) is 6.23. The van der Waals surface area contributed by atoms with Crippen molar-refractivity contribution in [1.29, 1.82) is 0 Å². The van der Waals surface area contributed by atoms with Gasteiger partial charge in [-0.15, -0.1) is 0 Å². The molecule has 0 unspecified atom stereocenters. The van der Waals surface area contributed by atoms with Crippen molar-refractivity contribution in [3.63, 3.8) is 0 Å². The van der Waals surface area contributed by atoms with Crippen LogP contribution in [0.3, 0.4) is 0 Å². The van der Waals surface area contributed by atoms with Crippen LogP contribution in [0.25, 0.3) is 0 Å². The van der Waals surface area contributed by atoms with Gasteiger partial charge in [0, 0.05) is 4.47 Å². The summed E-state index contributed by atoms with van der Waals surface area (Å²) < 4.78 is 38.3. The topological polar surface area (TPSA) is 76.7 Å². The van der Waals surface area contributed by atoms with Crippen molar-refractivity contribution < 1.29 is 13.2 Å². The molecule has 0 aliphatic carbocycles. The Labute approximate surface area is 124 Å². The minimum atomic E-state index is -4.45. The van der Waals surface area contributed by atoms with E-state index in [0.29, 0.717) is 4.47 Å². The smallest absolute Gasteiger partial charge is 0.368 e. The van der Waals surface area contributed by atoms with Gasteiger partial charge in [-0.05, 0) is 45.7 Å². The highest BCUT2D eigenvalue weighted by Crippen LogP contribution is 2.34. The zero-order chi connectivity index (χ0) is 14.9. The molecule has 1 aromatic carbocycles. The fourth-order valence-corrected chi connectivity index (χ4v) is 1.85. The fourth-order valence-electron chi connectivity index (χ4n) is 1.34. The molecule has 0 aliphatic rings. The van der Waals surface area contributed by atoms with Crippen molar-refractivity contribution >= 4 is 45.1 Å². The van der Waals surface area contributed by atoms with Gasteiger partial charge >= 0.3 is 6.18 Å². The largest absolute Gasteiger partial charge is 0.416 e. The van der Waals surface area contributed by atoms with E-state index < -0.39 is 11.7 Å². The highest BCUT2D eigenvalue weighted by Gasteiger charge is 2.31. The van der Waals surface area contributed by atoms with Gasteiger partial charge in [0.05, 0.1) is 11.3 Å². The number of nitrogen functional groups attached to an aromatic ring is 1. The monoisotopic (exact) mass is 367 g/mol. The molecule has 2 aromatic rings. The number of nitrogens with one attached hydrogen (secondary N) is 1. The number of hydrogen-bond acceptors (Lipinski definition) is 5. The van der Waals surface area contributed by atoms with Crippen LogP contribution >= 0.6 is 27.5 Å². The van der Waals surface area contributed by atoms with Crippen molar-refractivity contribution in [2.75, 3.05) is 11.1 Å². The summed E-state index contributed by atoms with van der Waals surface area (Å²) in [4.78, 5) is 11.0. The molecule has 1 aromatic heterocycles. The molecular weight excluding hydrogens is 362 g/mol. The third kappa shape index (κ3) is 3.48. The zero-order valence-electron chi connectivity index (χ0n) is 9.54. The van der Waals surface area contributed by atoms with E-state index in [1.807, 2.05) is 0 Å². The van der Waals surface area contributed by atoms with Gasteiger partial charge in [-0.25, -0.2) is 0 Å². The zero-order valence-corrected chi connectivity index (χ0v) is 11.9. The maximum absolute atomic E-state index is 12.6. The molecule has 106 valence electrons. The van der Waals surface area contributed by atoms with Gasteiger partial charge in [-0.2, -0.15) is 28.1 Å². The number of halogens is 5. The third-order valence-corrected chi connectivity index (χ3v) is 3.03. The number of rotatable bonds is 2. The molecule has 2 rings (SSSR count). The molecule has 3 N–H and O–H groups in total. The van der Waals surface area contributed by atoms with Crippen LogP contribution in [0, 0.1) is 0 Å². The quantitative estimate of drug-likeness (QED) is 0.846. The van der Waals surface area contributed by atoms with Gasteiger partial charge in [-0.3, -0.25) is 0 Å². The number of hydrogen-bond donors (Lipinski definition) is 2. The summed E-state index contributed by atoms with van der Waals surface area (Å²) in [5.41, 5.74) is 4.69. The molecule has 0 bridgehead atoms. The lowest BCUT2D eigenvalue weighted by molar-refractivity contribution is -0.137. The average Bonchev–Trinajstić information content (AvgIpc) is 2.29. The van der Waals surface area contributed by atoms with E-state index in [-0.39, 0.29) is 22.9 Å². The van der Waals surface area contributed by atoms with Crippen molar-refractivity contribution in [1.82, 2.24) is 15.0 Å². The molecule has 1 heterocycles. The second-order valence-electron chi connectivity index (χ2n) is 3.60. The molecule has 0 aliphatic heterocycles. The summed E-state index contributed by atoms with van der Waals surface area (Å²) in [6.45, 7) is 0. The Balaban J connectivity index is 2.37. The number of benzene rings is 1. The first-order valence-electron chi connectivity index (χ1n) is 5.06. The number of anilines is 3. The van der Waals surface area contributed by atoms with Gasteiger partial charge < -0.3 is 11.1 Å². The second-order valence-corrected chi connectivity index (χ2v) is 4.80. The van der Waals surface area contributed by atoms with Gasteiger partial charge in [-0.1, -0.05) is 0 Å². The van der Waals surface area contributed by atoms with Crippen molar-refractivity contribution in [2.24, 2.45) is 0 Å². The van der Waals surface area contributed by atoms with Crippen LogP contribution in [-0.4, -0.2) is 15.0 Å². The maximum atomic E-state index is 12.6. The molecule has 0 spiro atoms. The van der Waals surface area contributed by atoms with E-state index >= 15 is 0 Å². The summed E-state index contributed by atoms with van der Waals surface area (Å²) in [6, 6.07) is 3.12. The molecule has 0 saturated heterocycles. The molecule has 20 heavy (non-hydrogen) atoms. The molecule has 0 fully saturated rings. The van der Waals surface area contributed by atoms with Gasteiger partial charge in [0.1, 0.15) is 0 Å². The van der Waals surface area contributed by atoms with Crippen LogP contribution in [0.15, 0.2) is 22.7 Å². The summed E-state index contributed by atoms with van der Waals surface area (Å²) in [6.07, 6.45) is -4.45. The first kappa shape index (κ1) is 14.8. The Kier molecular flexibility index (Phi) is 4.00. The predicted octanol–water partition coefficient (Wildman–Crippen LogP) is 3.63. The third-order valence-electron chi connectivity index (χ3n) is 2.17. The lowest BCUT2D eigenvalue weighted by Gasteiger charge is -2.11. The van der Waals surface area contributed by atoms with Crippen LogP contribution in [0.4, 0.5) is 30.8 Å². The summed E-state index contributed by atoms with van der Waals surface area (Å²) in [5.74, 6) is -0.196. The van der Waals surface area contributed by atoms with Crippen molar-refractivity contribution in [3.8, 4) is 0 Å². The molecular formula is C10H6BrClF3N5. The predicted molar refractivity (Wildman–Crippen MR) is 71.7 cm³/mol. The van der Waals surface area contributed by atoms with E-state index in [2.05, 4.69) is 36.2 Å². The van der Waals surface area contributed by atoms with Gasteiger partial charge in [0.15, 0.2) is 0 Å². The van der Waals surface area contributed by atoms with Crippen molar-refractivity contribution in [2.45, 2.75) is 6.18 Å². The summed E-state index contributed by atoms with van der Waals surface area (Å²) in [5, 5.41) is 2.43. The highest BCUT2D eigenvalue weighted by molar-refractivity contribution is 9.10. The van der Waals surface area contributed by atoms with Gasteiger partial charge in [0.25, 0.3) is 0 Å². The minimum absolute atomic E-state index is 0.0532. The second kappa shape index (κ2) is 5.41. The Morgan fingerprint density at radius 2 is 1.90 bits per heavy atom. The first-order chi connectivity index (χ1) is 9.25. The van der Waals surface area contributed by atoms with Crippen molar-refractivity contribution in [3.05, 3.63) is 33.5 Å². The average molecular weight is 369 g/mol. The Bertz CT molecular complexity index is 629. The number of aromatic nitrogens is 3. The van der Waals surface area contributed by atoms with Crippen LogP contribution in [0.5, 0.6) is 0 Å². The Morgan fingerprint density at radius 1 is 1.20 bits per heavy atom. The Hall–Kier alpha value is -1.61. The standard InChI is InChI=1S/C10H6BrClF3N5/c11-5-2-1-4(10(13,14)15)3-6(5)17-9-19-7(12)18-8(16)20-9/h1-3H,(H3,16,17,18,19,20). The van der Waals surface area contributed by atoms with Gasteiger partial charge in [0.2, 0.25) is 17.2 Å². The number of nitrogens with zero attached hydrogens (tertiary/aromatic N) is 3. The van der Waals surface area contributed by atoms with E-state index in [4.69, 9.17) is 17.3 Å². The molecule has 0 radical (unpaired) electrons. The molecule has 0 atom stereocenters. The van der Waals surface area contributed by atoms with Crippen LogP contribution < -0.4 is 11.1 Å². The van der Waals surface area contributed by atoms with E-state index in [9.17, 15) is 13.2 Å². The summed E-state index contributed by atoms with van der Waals surface area (Å²) >= 11 is 8.71. The van der Waals surface area contributed by atoms with E-state index in [1.54, 1.807) is 0 Å². The maximum Gasteiger partial charge on any atom is 0.416 e. The lowest BCUT2D eigenvalue weighted by atomic mass is 10.2. The highest BCUT2D eigenvalue weighted by atomic mass is 79.9. The summed E-state index contributed by atoms with van der Waals surface area (Å²) in [7, 11) is 0. The molecule has 0 amide bonds. The Morgan fingerprint density at radius 3 is 2.50 bits per heavy atom. The lowest BCUT2D eigenvalue weighted by Crippen LogP contribution is -2.07.